The summed E-state index contributed by atoms with van der Waals surface area (Å²) in [5.41, 5.74) is 5.28. The molecule has 0 saturated heterocycles. The molecular formula is C29H24N8O12S3. The van der Waals surface area contributed by atoms with Crippen molar-refractivity contribution >= 4 is 87.7 Å². The third kappa shape index (κ3) is 7.30. The number of azo groups is 1. The van der Waals surface area contributed by atoms with E-state index in [1.165, 1.54) is 30.3 Å². The van der Waals surface area contributed by atoms with Crippen molar-refractivity contribution in [1.82, 2.24) is 15.0 Å². The van der Waals surface area contributed by atoms with Crippen molar-refractivity contribution < 1.29 is 53.9 Å². The zero-order valence-corrected chi connectivity index (χ0v) is 28.4. The highest BCUT2D eigenvalue weighted by Crippen LogP contribution is 2.45. The first-order chi connectivity index (χ1) is 24.3. The number of carboxylic acid groups (broad SMARTS) is 1. The van der Waals surface area contributed by atoms with Crippen molar-refractivity contribution in [3.63, 3.8) is 0 Å². The number of fused-ring (bicyclic) bond motifs is 2. The second-order valence-electron chi connectivity index (χ2n) is 11.1. The maximum absolute atomic E-state index is 12.4. The van der Waals surface area contributed by atoms with Gasteiger partial charge in [0, 0.05) is 5.39 Å². The Morgan fingerprint density at radius 3 is 2.00 bits per heavy atom. The average molecular weight is 773 g/mol. The van der Waals surface area contributed by atoms with Gasteiger partial charge < -0.3 is 26.6 Å². The van der Waals surface area contributed by atoms with E-state index in [2.05, 4.69) is 35.8 Å². The molecule has 20 nitrogen and oxygen atoms in total. The van der Waals surface area contributed by atoms with E-state index in [-0.39, 0.29) is 33.8 Å². The number of rotatable bonds is 10. The number of nitrogens with one attached hydrogen (secondary N) is 2. The average Bonchev–Trinajstić information content (AvgIpc) is 3.50. The summed E-state index contributed by atoms with van der Waals surface area (Å²) in [6.45, 7) is 0. The van der Waals surface area contributed by atoms with Crippen LogP contribution in [-0.4, -0.2) is 70.0 Å². The van der Waals surface area contributed by atoms with E-state index in [9.17, 15) is 53.9 Å². The van der Waals surface area contributed by atoms with Crippen molar-refractivity contribution in [2.45, 2.75) is 33.9 Å². The topological polar surface area (TPSA) is 334 Å². The number of aromatic hydroxyl groups is 1. The first-order valence-electron chi connectivity index (χ1n) is 14.5. The highest BCUT2D eigenvalue weighted by Gasteiger charge is 2.26. The van der Waals surface area contributed by atoms with Gasteiger partial charge in [-0.05, 0) is 78.2 Å². The Labute approximate surface area is 293 Å². The van der Waals surface area contributed by atoms with Crippen LogP contribution in [0.15, 0.2) is 79.5 Å². The van der Waals surface area contributed by atoms with Gasteiger partial charge in [0.25, 0.3) is 30.4 Å². The van der Waals surface area contributed by atoms with Crippen LogP contribution in [-0.2, 0) is 43.2 Å². The van der Waals surface area contributed by atoms with Gasteiger partial charge in [0.1, 0.15) is 21.2 Å². The van der Waals surface area contributed by atoms with Crippen molar-refractivity contribution in [2.75, 3.05) is 16.4 Å². The molecule has 0 unspecified atom stereocenters. The van der Waals surface area contributed by atoms with Gasteiger partial charge in [-0.15, -0.1) is 10.2 Å². The highest BCUT2D eigenvalue weighted by molar-refractivity contribution is 7.86. The van der Waals surface area contributed by atoms with E-state index in [4.69, 9.17) is 5.73 Å². The highest BCUT2D eigenvalue weighted by atomic mass is 32.2. The summed E-state index contributed by atoms with van der Waals surface area (Å²) in [4.78, 5) is 21.5. The lowest BCUT2D eigenvalue weighted by Gasteiger charge is -2.14. The van der Waals surface area contributed by atoms with Gasteiger partial charge in [-0.25, -0.2) is 4.79 Å². The van der Waals surface area contributed by atoms with E-state index in [1.807, 2.05) is 0 Å². The Morgan fingerprint density at radius 1 is 0.750 bits per heavy atom. The minimum Gasteiger partial charge on any atom is -0.505 e. The lowest BCUT2D eigenvalue weighted by Crippen LogP contribution is -2.10. The molecular weight excluding hydrogens is 749 g/mol. The largest absolute Gasteiger partial charge is 0.505 e. The number of hydrogen-bond donors (Lipinski definition) is 8. The molecule has 0 amide bonds. The van der Waals surface area contributed by atoms with Crippen molar-refractivity contribution in [2.24, 2.45) is 10.2 Å². The zero-order chi connectivity index (χ0) is 37.7. The molecule has 270 valence electrons. The fourth-order valence-electron chi connectivity index (χ4n) is 5.49. The summed E-state index contributed by atoms with van der Waals surface area (Å²) in [6.07, 6.45) is 1.84. The predicted molar refractivity (Wildman–Crippen MR) is 182 cm³/mol. The molecule has 52 heavy (non-hydrogen) atoms. The normalized spacial score (nSPS) is 13.4. The minimum atomic E-state index is -5.09. The van der Waals surface area contributed by atoms with Crippen LogP contribution in [0.5, 0.6) is 5.75 Å². The fourth-order valence-corrected chi connectivity index (χ4v) is 7.31. The van der Waals surface area contributed by atoms with E-state index in [0.29, 0.717) is 24.8 Å². The molecule has 0 aliphatic heterocycles. The number of nitrogen functional groups attached to an aromatic ring is 1. The second kappa shape index (κ2) is 13.0. The number of aromatic carboxylic acids is 1. The zero-order valence-electron chi connectivity index (χ0n) is 25.9. The predicted octanol–water partition coefficient (Wildman–Crippen LogP) is 4.14. The number of phenols is 1. The van der Waals surface area contributed by atoms with Crippen molar-refractivity contribution in [3.05, 3.63) is 71.3 Å². The maximum atomic E-state index is 12.4. The van der Waals surface area contributed by atoms with Crippen LogP contribution in [0.2, 0.25) is 0 Å². The monoisotopic (exact) mass is 772 g/mol. The van der Waals surface area contributed by atoms with Gasteiger partial charge in [0.2, 0.25) is 17.8 Å². The molecule has 5 aromatic rings. The fraction of sp³-hybridized carbons (Fsp3) is 0.103. The second-order valence-corrected chi connectivity index (χ2v) is 15.3. The van der Waals surface area contributed by atoms with E-state index < -0.39 is 79.9 Å². The van der Waals surface area contributed by atoms with Crippen LogP contribution in [0.25, 0.3) is 10.8 Å². The molecule has 0 bridgehead atoms. The molecule has 1 aliphatic carbocycles. The molecule has 1 heterocycles. The van der Waals surface area contributed by atoms with Gasteiger partial charge in [-0.1, -0.05) is 12.1 Å². The van der Waals surface area contributed by atoms with Gasteiger partial charge in [-0.3, -0.25) is 13.7 Å². The number of phenolic OH excluding ortho intramolecular Hbond substituents is 1. The van der Waals surface area contributed by atoms with E-state index >= 15 is 0 Å². The summed E-state index contributed by atoms with van der Waals surface area (Å²) >= 11 is 0. The number of nitrogens with zero attached hydrogens (tertiary/aromatic N) is 5. The standard InChI is InChI=1S/C29H24N8O12S3/c30-27-33-28(35-29(34-27)32-19-12-16(50(41,42)43)7-8-17(19)26(39)40)31-18-6-2-5-15-11-22(52(47,48)49)24(25(38)23(15)18)37-36-20-9-13-3-1-4-14(13)10-21(20)51(44,45)46/h2,5-12,38H,1,3-4H2,(H,39,40)(H,41,42,43)(H,44,45,46)(H,47,48,49)(H4,30,31,32,33,34,35). The summed E-state index contributed by atoms with van der Waals surface area (Å²) in [7, 11) is -14.7. The van der Waals surface area contributed by atoms with Gasteiger partial charge in [0.15, 0.2) is 5.75 Å². The summed E-state index contributed by atoms with van der Waals surface area (Å²) < 4.78 is 102. The van der Waals surface area contributed by atoms with Crippen molar-refractivity contribution in [1.29, 1.82) is 0 Å². The lowest BCUT2D eigenvalue weighted by atomic mass is 10.1. The molecule has 0 spiro atoms. The molecule has 0 fully saturated rings. The molecule has 9 N–H and O–H groups in total. The van der Waals surface area contributed by atoms with Crippen LogP contribution in [0.4, 0.5) is 40.6 Å². The smallest absolute Gasteiger partial charge is 0.337 e. The Balaban J connectivity index is 1.45. The van der Waals surface area contributed by atoms with Gasteiger partial charge >= 0.3 is 5.97 Å². The van der Waals surface area contributed by atoms with Crippen LogP contribution >= 0.6 is 0 Å². The molecule has 23 heteroatoms. The van der Waals surface area contributed by atoms with Gasteiger partial charge in [0.05, 0.1) is 21.8 Å². The molecule has 1 aromatic heterocycles. The Bertz CT molecular complexity index is 2710. The molecule has 0 atom stereocenters. The van der Waals surface area contributed by atoms with Crippen LogP contribution in [0.3, 0.4) is 0 Å². The quantitative estimate of drug-likeness (QED) is 0.0730. The number of carboxylic acids is 1. The number of aryl methyl sites for hydroxylation is 2. The SMILES string of the molecule is Nc1nc(Nc2cc(S(=O)(=O)O)ccc2C(=O)O)nc(Nc2cccc3cc(S(=O)(=O)O)c(N=Nc4cc5c(cc4S(=O)(=O)O)CCC5)c(O)c23)n1. The Morgan fingerprint density at radius 2 is 1.38 bits per heavy atom. The van der Waals surface area contributed by atoms with E-state index in [1.54, 1.807) is 0 Å². The molecule has 0 radical (unpaired) electrons. The minimum absolute atomic E-state index is 0.0133. The number of benzene rings is 4. The Hall–Kier alpha value is -5.85. The first-order valence-corrected chi connectivity index (χ1v) is 18.8. The van der Waals surface area contributed by atoms with E-state index in [0.717, 1.165) is 29.8 Å². The lowest BCUT2D eigenvalue weighted by molar-refractivity contribution is 0.0697. The maximum Gasteiger partial charge on any atom is 0.337 e. The van der Waals surface area contributed by atoms with Crippen LogP contribution < -0.4 is 16.4 Å². The summed E-state index contributed by atoms with van der Waals surface area (Å²) in [5.74, 6) is -3.50. The number of aromatic nitrogens is 3. The molecule has 0 saturated carbocycles. The number of carbonyl (C=O) groups is 1. The summed E-state index contributed by atoms with van der Waals surface area (Å²) in [6, 6.07) is 10.3. The van der Waals surface area contributed by atoms with Crippen molar-refractivity contribution in [3.8, 4) is 5.75 Å². The number of hydrogen-bond acceptors (Lipinski definition) is 16. The first kappa shape index (κ1) is 36.0. The Kier molecular flexibility index (Phi) is 9.02. The third-order valence-corrected chi connectivity index (χ3v) is 10.3. The van der Waals surface area contributed by atoms with Crippen LogP contribution in [0, 0.1) is 0 Å². The molecule has 4 aromatic carbocycles. The van der Waals surface area contributed by atoms with Gasteiger partial charge in [-0.2, -0.15) is 40.2 Å². The molecule has 1 aliphatic rings. The number of anilines is 5. The summed E-state index contributed by atoms with van der Waals surface area (Å²) in [5, 5.41) is 33.8. The van der Waals surface area contributed by atoms with Crippen LogP contribution in [0.1, 0.15) is 27.9 Å². The third-order valence-electron chi connectivity index (χ3n) is 7.73. The number of nitrogens with two attached hydrogens (primary N) is 1. The molecule has 6 rings (SSSR count).